The van der Waals surface area contributed by atoms with Crippen LogP contribution in [0.1, 0.15) is 37.2 Å². The molecule has 3 nitrogen and oxygen atoms in total. The summed E-state index contributed by atoms with van der Waals surface area (Å²) in [5.41, 5.74) is 1.30. The number of carboxylic acid groups (broad SMARTS) is 1. The van der Waals surface area contributed by atoms with E-state index in [1.807, 2.05) is 6.07 Å². The van der Waals surface area contributed by atoms with E-state index in [2.05, 4.69) is 24.3 Å². The molecule has 0 aromatic heterocycles. The number of aliphatic carboxylic acids is 1. The zero-order valence-corrected chi connectivity index (χ0v) is 11.0. The van der Waals surface area contributed by atoms with E-state index in [1.165, 1.54) is 18.4 Å². The minimum absolute atomic E-state index is 0.115. The van der Waals surface area contributed by atoms with Gasteiger partial charge in [-0.15, -0.1) is 11.6 Å². The van der Waals surface area contributed by atoms with Gasteiger partial charge in [-0.3, -0.25) is 4.79 Å². The lowest BCUT2D eigenvalue weighted by Crippen LogP contribution is -2.22. The molecule has 0 amide bonds. The van der Waals surface area contributed by atoms with Gasteiger partial charge in [0.15, 0.2) is 0 Å². The molecule has 1 aliphatic rings. The quantitative estimate of drug-likeness (QED) is 0.812. The molecule has 1 aliphatic carbocycles. The summed E-state index contributed by atoms with van der Waals surface area (Å²) in [7, 11) is 0. The molecule has 18 heavy (non-hydrogen) atoms. The Labute approximate surface area is 112 Å². The van der Waals surface area contributed by atoms with Crippen LogP contribution in [-0.2, 0) is 4.79 Å². The molecule has 1 fully saturated rings. The van der Waals surface area contributed by atoms with E-state index >= 15 is 0 Å². The fraction of sp³-hybridized carbons (Fsp3) is 0.500. The highest BCUT2D eigenvalue weighted by Gasteiger charge is 2.23. The van der Waals surface area contributed by atoms with Crippen molar-refractivity contribution in [2.24, 2.45) is 0 Å². The maximum Gasteiger partial charge on any atom is 0.318 e. The Morgan fingerprint density at radius 3 is 2.28 bits per heavy atom. The van der Waals surface area contributed by atoms with Crippen molar-refractivity contribution in [2.45, 2.75) is 37.7 Å². The van der Waals surface area contributed by atoms with Gasteiger partial charge in [-0.2, -0.15) is 0 Å². The molecule has 1 saturated carbocycles. The lowest BCUT2D eigenvalue weighted by atomic mass is 9.82. The molecular formula is C14H19ClO3. The van der Waals surface area contributed by atoms with Crippen molar-refractivity contribution >= 4 is 17.6 Å². The summed E-state index contributed by atoms with van der Waals surface area (Å²) in [5.74, 6) is -0.901. The lowest BCUT2D eigenvalue weighted by Gasteiger charge is -2.27. The van der Waals surface area contributed by atoms with Gasteiger partial charge < -0.3 is 10.2 Å². The van der Waals surface area contributed by atoms with E-state index < -0.39 is 5.97 Å². The van der Waals surface area contributed by atoms with Gasteiger partial charge in [-0.1, -0.05) is 43.2 Å². The molecule has 0 saturated heterocycles. The van der Waals surface area contributed by atoms with E-state index in [0.29, 0.717) is 5.92 Å². The molecule has 2 rings (SSSR count). The molecule has 100 valence electrons. The molecule has 1 aromatic carbocycles. The molecule has 2 unspecified atom stereocenters. The third-order valence-electron chi connectivity index (χ3n) is 3.07. The van der Waals surface area contributed by atoms with Gasteiger partial charge in [0.1, 0.15) is 5.88 Å². The van der Waals surface area contributed by atoms with Crippen molar-refractivity contribution in [3.05, 3.63) is 35.9 Å². The highest BCUT2D eigenvalue weighted by atomic mass is 35.5. The number of alkyl halides is 1. The number of halogens is 1. The van der Waals surface area contributed by atoms with Gasteiger partial charge >= 0.3 is 5.97 Å². The molecule has 0 radical (unpaired) electrons. The topological polar surface area (TPSA) is 57.5 Å². The van der Waals surface area contributed by atoms with Crippen molar-refractivity contribution in [3.63, 3.8) is 0 Å². The highest BCUT2D eigenvalue weighted by molar-refractivity contribution is 6.26. The van der Waals surface area contributed by atoms with Crippen molar-refractivity contribution in [3.8, 4) is 0 Å². The summed E-state index contributed by atoms with van der Waals surface area (Å²) in [6, 6.07) is 10.4. The smallest absolute Gasteiger partial charge is 0.318 e. The van der Waals surface area contributed by atoms with Crippen molar-refractivity contribution < 1.29 is 15.0 Å². The zero-order chi connectivity index (χ0) is 13.4. The molecule has 2 atom stereocenters. The predicted molar refractivity (Wildman–Crippen MR) is 72.0 cm³/mol. The molecular weight excluding hydrogens is 252 g/mol. The van der Waals surface area contributed by atoms with E-state index in [-0.39, 0.29) is 12.0 Å². The molecule has 4 heteroatoms. The summed E-state index contributed by atoms with van der Waals surface area (Å²) >= 11 is 4.74. The Morgan fingerprint density at radius 2 is 1.78 bits per heavy atom. The van der Waals surface area contributed by atoms with Crippen molar-refractivity contribution in [1.82, 2.24) is 0 Å². The van der Waals surface area contributed by atoms with E-state index in [1.54, 1.807) is 0 Å². The summed E-state index contributed by atoms with van der Waals surface area (Å²) in [6.07, 6.45) is 4.45. The van der Waals surface area contributed by atoms with E-state index in [9.17, 15) is 9.90 Å². The zero-order valence-electron chi connectivity index (χ0n) is 10.3. The van der Waals surface area contributed by atoms with Gasteiger partial charge in [0.25, 0.3) is 0 Å². The highest BCUT2D eigenvalue weighted by Crippen LogP contribution is 2.32. The molecule has 0 spiro atoms. The second-order valence-electron chi connectivity index (χ2n) is 4.40. The third kappa shape index (κ3) is 5.07. The number of hydrogen-bond acceptors (Lipinski definition) is 2. The van der Waals surface area contributed by atoms with Crippen LogP contribution < -0.4 is 0 Å². The average Bonchev–Trinajstić information content (AvgIpc) is 2.41. The minimum atomic E-state index is -0.980. The molecule has 2 N–H and O–H groups in total. The predicted octanol–water partition coefficient (Wildman–Crippen LogP) is 3.01. The summed E-state index contributed by atoms with van der Waals surface area (Å²) in [4.78, 5) is 9.24. The Bertz CT molecular complexity index is 353. The third-order valence-corrected chi connectivity index (χ3v) is 3.30. The monoisotopic (exact) mass is 270 g/mol. The van der Waals surface area contributed by atoms with E-state index in [0.717, 1.165) is 12.8 Å². The van der Waals surface area contributed by atoms with Crippen LogP contribution in [0.4, 0.5) is 0 Å². The number of rotatable bonds is 2. The van der Waals surface area contributed by atoms with Gasteiger partial charge in [0.05, 0.1) is 6.10 Å². The Hall–Kier alpha value is -1.06. The first kappa shape index (κ1) is 15.0. The maximum atomic E-state index is 9.82. The van der Waals surface area contributed by atoms with Crippen LogP contribution in [0.2, 0.25) is 0 Å². The lowest BCUT2D eigenvalue weighted by molar-refractivity contribution is -0.134. The van der Waals surface area contributed by atoms with Gasteiger partial charge in [0.2, 0.25) is 0 Å². The molecule has 0 aliphatic heterocycles. The van der Waals surface area contributed by atoms with Crippen molar-refractivity contribution in [2.75, 3.05) is 5.88 Å². The SMILES string of the molecule is O=C(O)CCl.OC1CCCCC1c1ccccc1. The fourth-order valence-corrected chi connectivity index (χ4v) is 2.20. The number of benzene rings is 1. The van der Waals surface area contributed by atoms with E-state index in [4.69, 9.17) is 16.7 Å². The second-order valence-corrected chi connectivity index (χ2v) is 4.66. The van der Waals surface area contributed by atoms with Crippen LogP contribution in [-0.4, -0.2) is 28.2 Å². The van der Waals surface area contributed by atoms with Crippen LogP contribution in [0.15, 0.2) is 30.3 Å². The number of aliphatic hydroxyl groups excluding tert-OH is 1. The second kappa shape index (κ2) is 8.11. The van der Waals surface area contributed by atoms with Gasteiger partial charge in [0, 0.05) is 5.92 Å². The normalized spacial score (nSPS) is 22.8. The first-order valence-electron chi connectivity index (χ1n) is 6.16. The summed E-state index contributed by atoms with van der Waals surface area (Å²) < 4.78 is 0. The van der Waals surface area contributed by atoms with Crippen LogP contribution in [0.3, 0.4) is 0 Å². The molecule has 0 bridgehead atoms. The first-order chi connectivity index (χ1) is 8.65. The number of hydrogen-bond donors (Lipinski definition) is 2. The maximum absolute atomic E-state index is 9.82. The summed E-state index contributed by atoms with van der Waals surface area (Å²) in [5, 5.41) is 17.4. The number of carboxylic acids is 1. The van der Waals surface area contributed by atoms with Gasteiger partial charge in [-0.05, 0) is 18.4 Å². The van der Waals surface area contributed by atoms with Crippen LogP contribution in [0, 0.1) is 0 Å². The molecule has 0 heterocycles. The Kier molecular flexibility index (Phi) is 6.76. The Balaban J connectivity index is 0.000000280. The fourth-order valence-electron chi connectivity index (χ4n) is 2.20. The largest absolute Gasteiger partial charge is 0.480 e. The first-order valence-corrected chi connectivity index (χ1v) is 6.69. The van der Waals surface area contributed by atoms with Crippen LogP contribution in [0.25, 0.3) is 0 Å². The number of aliphatic hydroxyl groups is 1. The van der Waals surface area contributed by atoms with Crippen LogP contribution >= 0.6 is 11.6 Å². The van der Waals surface area contributed by atoms with Crippen LogP contribution in [0.5, 0.6) is 0 Å². The Morgan fingerprint density at radius 1 is 1.22 bits per heavy atom. The minimum Gasteiger partial charge on any atom is -0.480 e. The van der Waals surface area contributed by atoms with Gasteiger partial charge in [-0.25, -0.2) is 0 Å². The van der Waals surface area contributed by atoms with Crippen molar-refractivity contribution in [1.29, 1.82) is 0 Å². The molecule has 1 aromatic rings. The standard InChI is InChI=1S/C12H16O.C2H3ClO2/c13-12-9-5-4-8-11(12)10-6-2-1-3-7-10;3-1-2(4)5/h1-3,6-7,11-13H,4-5,8-9H2;1H2,(H,4,5). The number of carbonyl (C=O) groups is 1. The average molecular weight is 271 g/mol. The summed E-state index contributed by atoms with van der Waals surface area (Å²) in [6.45, 7) is 0.